The van der Waals surface area contributed by atoms with Crippen LogP contribution in [0.1, 0.15) is 61.7 Å². The van der Waals surface area contributed by atoms with Crippen LogP contribution in [0.3, 0.4) is 0 Å². The lowest BCUT2D eigenvalue weighted by Gasteiger charge is -2.31. The zero-order valence-corrected chi connectivity index (χ0v) is 29.3. The summed E-state index contributed by atoms with van der Waals surface area (Å²) in [6.45, 7) is 9.12. The van der Waals surface area contributed by atoms with Crippen LogP contribution >= 0.6 is 11.7 Å². The highest BCUT2D eigenvalue weighted by atomic mass is 32.2. The molecule has 1 aliphatic rings. The molecule has 2 aromatic heterocycles. The predicted octanol–water partition coefficient (Wildman–Crippen LogP) is 7.21. The standard InChI is InChI=1S/C36H41N7O3S2/c1-25-14-16-29(17-15-25)43-33(24-32(39-43)36(2,3)4)38-35(44)37-30-13-9-8-12-28(30)22-27-18-20-42(21-19-27)48(45,46)34-31(40-47-41-34)23-26-10-6-5-7-11-26/h5-17,24,27H,18-23H2,1-4H3,(H2,37,38,44). The van der Waals surface area contributed by atoms with Gasteiger partial charge in [-0.1, -0.05) is 87.0 Å². The van der Waals surface area contributed by atoms with Crippen molar-refractivity contribution in [3.8, 4) is 5.69 Å². The summed E-state index contributed by atoms with van der Waals surface area (Å²) in [4.78, 5) is 13.4. The number of carbonyl (C=O) groups is 1. The molecule has 0 unspecified atom stereocenters. The second-order valence-electron chi connectivity index (χ2n) is 13.4. The van der Waals surface area contributed by atoms with Crippen LogP contribution in [0.5, 0.6) is 0 Å². The topological polar surface area (TPSA) is 122 Å². The molecule has 0 aliphatic carbocycles. The van der Waals surface area contributed by atoms with Crippen LogP contribution in [0, 0.1) is 12.8 Å². The maximum atomic E-state index is 13.6. The van der Waals surface area contributed by atoms with Crippen LogP contribution < -0.4 is 10.6 Å². The monoisotopic (exact) mass is 683 g/mol. The van der Waals surface area contributed by atoms with E-state index in [4.69, 9.17) is 5.10 Å². The molecule has 1 saturated heterocycles. The van der Waals surface area contributed by atoms with Gasteiger partial charge in [0, 0.05) is 36.7 Å². The van der Waals surface area contributed by atoms with Gasteiger partial charge in [0.25, 0.3) is 10.0 Å². The number of sulfonamides is 1. The van der Waals surface area contributed by atoms with Gasteiger partial charge in [0.1, 0.15) is 5.82 Å². The van der Waals surface area contributed by atoms with Gasteiger partial charge in [-0.15, -0.1) is 0 Å². The minimum atomic E-state index is -3.76. The summed E-state index contributed by atoms with van der Waals surface area (Å²) in [5.74, 6) is 0.840. The van der Waals surface area contributed by atoms with Gasteiger partial charge < -0.3 is 5.32 Å². The Morgan fingerprint density at radius 2 is 1.60 bits per heavy atom. The van der Waals surface area contributed by atoms with Crippen LogP contribution in [0.2, 0.25) is 0 Å². The van der Waals surface area contributed by atoms with Gasteiger partial charge in [-0.05, 0) is 61.4 Å². The Morgan fingerprint density at radius 3 is 2.31 bits per heavy atom. The molecule has 2 amide bonds. The number of benzene rings is 3. The zero-order valence-electron chi connectivity index (χ0n) is 27.7. The van der Waals surface area contributed by atoms with Gasteiger partial charge in [0.2, 0.25) is 5.03 Å². The molecule has 0 atom stereocenters. The van der Waals surface area contributed by atoms with Crippen molar-refractivity contribution in [3.63, 3.8) is 0 Å². The van der Waals surface area contributed by atoms with E-state index in [0.717, 1.165) is 51.9 Å². The molecule has 3 aromatic carbocycles. The summed E-state index contributed by atoms with van der Waals surface area (Å²) in [7, 11) is -3.76. The van der Waals surface area contributed by atoms with Gasteiger partial charge >= 0.3 is 6.03 Å². The number of anilines is 2. The summed E-state index contributed by atoms with van der Waals surface area (Å²) in [5, 5.41) is 11.0. The molecule has 0 spiro atoms. The number of para-hydroxylation sites is 1. The zero-order chi connectivity index (χ0) is 33.9. The van der Waals surface area contributed by atoms with Gasteiger partial charge in [-0.2, -0.15) is 18.2 Å². The molecule has 48 heavy (non-hydrogen) atoms. The highest BCUT2D eigenvalue weighted by Crippen LogP contribution is 2.30. The smallest absolute Gasteiger partial charge is 0.307 e. The highest BCUT2D eigenvalue weighted by Gasteiger charge is 2.34. The maximum absolute atomic E-state index is 13.6. The molecular weight excluding hydrogens is 643 g/mol. The predicted molar refractivity (Wildman–Crippen MR) is 190 cm³/mol. The summed E-state index contributed by atoms with van der Waals surface area (Å²) in [6, 6.07) is 27.1. The molecule has 2 N–H and O–H groups in total. The molecule has 5 aromatic rings. The number of nitrogens with zero attached hydrogens (tertiary/aromatic N) is 5. The first-order chi connectivity index (χ1) is 23.0. The molecule has 0 radical (unpaired) electrons. The average Bonchev–Trinajstić information content (AvgIpc) is 3.71. The molecule has 12 heteroatoms. The van der Waals surface area contributed by atoms with E-state index in [0.29, 0.717) is 43.9 Å². The van der Waals surface area contributed by atoms with E-state index < -0.39 is 10.0 Å². The van der Waals surface area contributed by atoms with Crippen molar-refractivity contribution < 1.29 is 13.2 Å². The van der Waals surface area contributed by atoms with Crippen LogP contribution in [-0.4, -0.2) is 50.4 Å². The minimum absolute atomic E-state index is 0.0636. The van der Waals surface area contributed by atoms with Crippen molar-refractivity contribution in [1.29, 1.82) is 0 Å². The quantitative estimate of drug-likeness (QED) is 0.169. The molecule has 3 heterocycles. The lowest BCUT2D eigenvalue weighted by atomic mass is 9.90. The van der Waals surface area contributed by atoms with Crippen LogP contribution in [0.4, 0.5) is 16.3 Å². The fourth-order valence-electron chi connectivity index (χ4n) is 5.89. The summed E-state index contributed by atoms with van der Waals surface area (Å²) in [6.07, 6.45) is 2.55. The first-order valence-electron chi connectivity index (χ1n) is 16.2. The Labute approximate surface area is 286 Å². The van der Waals surface area contributed by atoms with E-state index in [-0.39, 0.29) is 22.4 Å². The third-order valence-corrected chi connectivity index (χ3v) is 11.2. The first kappa shape index (κ1) is 33.5. The number of urea groups is 1. The second kappa shape index (κ2) is 14.0. The van der Waals surface area contributed by atoms with Gasteiger partial charge in [-0.25, -0.2) is 17.9 Å². The van der Waals surface area contributed by atoms with Gasteiger partial charge in [-0.3, -0.25) is 5.32 Å². The number of aromatic nitrogens is 4. The van der Waals surface area contributed by atoms with Crippen molar-refractivity contribution in [3.05, 3.63) is 113 Å². The fourth-order valence-corrected chi connectivity index (χ4v) is 8.24. The first-order valence-corrected chi connectivity index (χ1v) is 18.3. The number of amides is 2. The Bertz CT molecular complexity index is 1970. The molecular formula is C36H41N7O3S2. The van der Waals surface area contributed by atoms with E-state index in [1.54, 1.807) is 4.68 Å². The number of hydrogen-bond acceptors (Lipinski definition) is 7. The van der Waals surface area contributed by atoms with Crippen molar-refractivity contribution in [2.45, 2.75) is 63.8 Å². The molecule has 6 rings (SSSR count). The summed E-state index contributed by atoms with van der Waals surface area (Å²) < 4.78 is 39.0. The lowest BCUT2D eigenvalue weighted by molar-refractivity contribution is 0.261. The highest BCUT2D eigenvalue weighted by molar-refractivity contribution is 7.89. The molecule has 1 fully saturated rings. The molecule has 0 bridgehead atoms. The fraction of sp³-hybridized carbons (Fsp3) is 0.333. The Morgan fingerprint density at radius 1 is 0.917 bits per heavy atom. The number of aryl methyl sites for hydroxylation is 1. The normalized spacial score (nSPS) is 14.6. The third kappa shape index (κ3) is 7.67. The summed E-state index contributed by atoms with van der Waals surface area (Å²) >= 11 is 0.937. The van der Waals surface area contributed by atoms with Crippen LogP contribution in [-0.2, 0) is 28.3 Å². The molecule has 250 valence electrons. The average molecular weight is 684 g/mol. The van der Waals surface area contributed by atoms with Crippen LogP contribution in [0.25, 0.3) is 5.69 Å². The summed E-state index contributed by atoms with van der Waals surface area (Å²) in [5.41, 5.74) is 5.88. The third-order valence-electron chi connectivity index (χ3n) is 8.67. The van der Waals surface area contributed by atoms with E-state index in [1.807, 2.05) is 91.9 Å². The SMILES string of the molecule is Cc1ccc(-n2nc(C(C)(C)C)cc2NC(=O)Nc2ccccc2CC2CCN(S(=O)(=O)c3nsnc3Cc3ccccc3)CC2)cc1. The largest absolute Gasteiger partial charge is 0.324 e. The number of rotatable bonds is 9. The van der Waals surface area contributed by atoms with Crippen LogP contribution in [0.15, 0.2) is 90.0 Å². The Balaban J connectivity index is 1.10. The number of nitrogens with one attached hydrogen (secondary N) is 2. The van der Waals surface area contributed by atoms with Gasteiger partial charge in [0.05, 0.1) is 28.8 Å². The lowest BCUT2D eigenvalue weighted by Crippen LogP contribution is -2.39. The molecule has 1 aliphatic heterocycles. The van der Waals surface area contributed by atoms with Gasteiger partial charge in [0.15, 0.2) is 0 Å². The Hall–Kier alpha value is -4.39. The van der Waals surface area contributed by atoms with E-state index in [1.165, 1.54) is 4.31 Å². The second-order valence-corrected chi connectivity index (χ2v) is 15.8. The minimum Gasteiger partial charge on any atom is -0.307 e. The van der Waals surface area contributed by atoms with Crippen molar-refractivity contribution in [1.82, 2.24) is 22.8 Å². The molecule has 10 nitrogen and oxygen atoms in total. The number of piperidine rings is 1. The van der Waals surface area contributed by atoms with E-state index in [9.17, 15) is 13.2 Å². The van der Waals surface area contributed by atoms with E-state index >= 15 is 0 Å². The maximum Gasteiger partial charge on any atom is 0.324 e. The molecule has 0 saturated carbocycles. The number of carbonyl (C=O) groups excluding carboxylic acids is 1. The Kier molecular flexibility index (Phi) is 9.77. The number of hydrogen-bond donors (Lipinski definition) is 2. The van der Waals surface area contributed by atoms with E-state index in [2.05, 4.69) is 40.2 Å². The van der Waals surface area contributed by atoms with Crippen molar-refractivity contribution >= 4 is 39.3 Å². The van der Waals surface area contributed by atoms with Crippen molar-refractivity contribution in [2.75, 3.05) is 23.7 Å². The van der Waals surface area contributed by atoms with Crippen molar-refractivity contribution in [2.24, 2.45) is 5.92 Å².